The lowest BCUT2D eigenvalue weighted by molar-refractivity contribution is -0.142. The average Bonchev–Trinajstić information content (AvgIpc) is 2.53. The summed E-state index contributed by atoms with van der Waals surface area (Å²) in [5.41, 5.74) is 0. The molecule has 1 aromatic rings. The number of aliphatic carboxylic acids is 1. The van der Waals surface area contributed by atoms with E-state index < -0.39 is 12.0 Å². The molecule has 5 nitrogen and oxygen atoms in total. The molecule has 1 rings (SSSR count). The maximum absolute atomic E-state index is 11.1. The Morgan fingerprint density at radius 3 is 2.73 bits per heavy atom. The Hall–Kier alpha value is -1.39. The molecular formula is C10H17N3O2. The summed E-state index contributed by atoms with van der Waals surface area (Å²) in [5, 5.41) is 16.8. The van der Waals surface area contributed by atoms with Crippen LogP contribution in [0.5, 0.6) is 0 Å². The summed E-state index contributed by atoms with van der Waals surface area (Å²) in [4.78, 5) is 11.1. The van der Waals surface area contributed by atoms with Crippen LogP contribution in [-0.4, -0.2) is 25.8 Å². The lowest BCUT2D eigenvalue weighted by atomic mass is 10.0. The number of nitrogens with zero attached hydrogens (tertiary/aromatic N) is 3. The van der Waals surface area contributed by atoms with Crippen molar-refractivity contribution in [2.45, 2.75) is 39.7 Å². The van der Waals surface area contributed by atoms with Gasteiger partial charge < -0.3 is 9.67 Å². The van der Waals surface area contributed by atoms with Gasteiger partial charge in [0.05, 0.1) is 0 Å². The Morgan fingerprint density at radius 1 is 1.60 bits per heavy atom. The van der Waals surface area contributed by atoms with E-state index in [0.29, 0.717) is 0 Å². The average molecular weight is 211 g/mol. The lowest BCUT2D eigenvalue weighted by Crippen LogP contribution is -2.25. The first kappa shape index (κ1) is 11.7. The van der Waals surface area contributed by atoms with E-state index in [2.05, 4.69) is 10.2 Å². The highest BCUT2D eigenvalue weighted by atomic mass is 16.4. The predicted molar refractivity (Wildman–Crippen MR) is 55.5 cm³/mol. The fourth-order valence-corrected chi connectivity index (χ4v) is 1.63. The van der Waals surface area contributed by atoms with Crippen LogP contribution < -0.4 is 0 Å². The van der Waals surface area contributed by atoms with E-state index in [0.717, 1.165) is 18.7 Å². The normalized spacial score (nSPS) is 13.1. The van der Waals surface area contributed by atoms with Crippen LogP contribution in [0.3, 0.4) is 0 Å². The standard InChI is InChI=1S/C10H17N3O2/c1-4-5-8-12-11-6-13(8)9(7(2)3)10(14)15/h6-7,9H,4-5H2,1-3H3,(H,14,15). The van der Waals surface area contributed by atoms with Crippen molar-refractivity contribution in [2.75, 3.05) is 0 Å². The third-order valence-electron chi connectivity index (χ3n) is 2.31. The SMILES string of the molecule is CCCc1nncn1C(C(=O)O)C(C)C. The van der Waals surface area contributed by atoms with Crippen LogP contribution in [0.15, 0.2) is 6.33 Å². The van der Waals surface area contributed by atoms with Crippen molar-refractivity contribution in [3.63, 3.8) is 0 Å². The molecule has 0 spiro atoms. The minimum atomic E-state index is -0.831. The molecule has 84 valence electrons. The highest BCUT2D eigenvalue weighted by Crippen LogP contribution is 2.19. The summed E-state index contributed by atoms with van der Waals surface area (Å²) in [6.07, 6.45) is 3.20. The zero-order valence-electron chi connectivity index (χ0n) is 9.34. The van der Waals surface area contributed by atoms with Crippen LogP contribution in [0.4, 0.5) is 0 Å². The lowest BCUT2D eigenvalue weighted by Gasteiger charge is -2.18. The fraction of sp³-hybridized carbons (Fsp3) is 0.700. The van der Waals surface area contributed by atoms with Crippen LogP contribution >= 0.6 is 0 Å². The van der Waals surface area contributed by atoms with Crippen molar-refractivity contribution in [2.24, 2.45) is 5.92 Å². The molecule has 1 aromatic heterocycles. The molecule has 1 N–H and O–H groups in total. The van der Waals surface area contributed by atoms with Gasteiger partial charge in [-0.25, -0.2) is 4.79 Å². The van der Waals surface area contributed by atoms with Crippen LogP contribution in [0, 0.1) is 5.92 Å². The van der Waals surface area contributed by atoms with Gasteiger partial charge in [-0.2, -0.15) is 0 Å². The molecule has 0 aliphatic carbocycles. The third-order valence-corrected chi connectivity index (χ3v) is 2.31. The molecule has 1 unspecified atom stereocenters. The second-order valence-corrected chi connectivity index (χ2v) is 3.93. The van der Waals surface area contributed by atoms with Gasteiger partial charge in [-0.3, -0.25) is 0 Å². The maximum atomic E-state index is 11.1. The third kappa shape index (κ3) is 2.55. The zero-order valence-corrected chi connectivity index (χ0v) is 9.34. The van der Waals surface area contributed by atoms with Gasteiger partial charge in [0.15, 0.2) is 0 Å². The number of aromatic nitrogens is 3. The number of hydrogen-bond donors (Lipinski definition) is 1. The topological polar surface area (TPSA) is 68.0 Å². The van der Waals surface area contributed by atoms with Gasteiger partial charge in [-0.1, -0.05) is 20.8 Å². The highest BCUT2D eigenvalue weighted by Gasteiger charge is 2.25. The van der Waals surface area contributed by atoms with Gasteiger partial charge in [0, 0.05) is 6.42 Å². The van der Waals surface area contributed by atoms with Gasteiger partial charge in [0.2, 0.25) is 0 Å². The Bertz CT molecular complexity index is 333. The molecule has 0 aliphatic rings. The Kier molecular flexibility index (Phi) is 3.82. The van der Waals surface area contributed by atoms with Gasteiger partial charge in [0.25, 0.3) is 0 Å². The summed E-state index contributed by atoms with van der Waals surface area (Å²) in [5.74, 6) is -0.0603. The van der Waals surface area contributed by atoms with Gasteiger partial charge >= 0.3 is 5.97 Å². The first-order valence-corrected chi connectivity index (χ1v) is 5.19. The molecule has 0 saturated heterocycles. The number of hydrogen-bond acceptors (Lipinski definition) is 3. The van der Waals surface area contributed by atoms with Crippen molar-refractivity contribution in [3.8, 4) is 0 Å². The van der Waals surface area contributed by atoms with E-state index in [9.17, 15) is 4.79 Å². The summed E-state index contributed by atoms with van der Waals surface area (Å²) in [6, 6.07) is -0.568. The molecule has 1 heterocycles. The monoisotopic (exact) mass is 211 g/mol. The van der Waals surface area contributed by atoms with Crippen molar-refractivity contribution >= 4 is 5.97 Å². The molecule has 0 amide bonds. The Morgan fingerprint density at radius 2 is 2.27 bits per heavy atom. The molecule has 0 bridgehead atoms. The van der Waals surface area contributed by atoms with Crippen molar-refractivity contribution in [1.29, 1.82) is 0 Å². The molecule has 0 fully saturated rings. The van der Waals surface area contributed by atoms with Crippen LogP contribution in [-0.2, 0) is 11.2 Å². The summed E-state index contributed by atoms with van der Waals surface area (Å²) in [7, 11) is 0. The van der Waals surface area contributed by atoms with E-state index in [1.165, 1.54) is 6.33 Å². The van der Waals surface area contributed by atoms with Crippen molar-refractivity contribution in [3.05, 3.63) is 12.2 Å². The van der Waals surface area contributed by atoms with Gasteiger partial charge in [-0.05, 0) is 12.3 Å². The molecule has 15 heavy (non-hydrogen) atoms. The van der Waals surface area contributed by atoms with Gasteiger partial charge in [-0.15, -0.1) is 10.2 Å². The first-order valence-electron chi connectivity index (χ1n) is 5.19. The largest absolute Gasteiger partial charge is 0.480 e. The Labute approximate surface area is 89.1 Å². The van der Waals surface area contributed by atoms with E-state index in [-0.39, 0.29) is 5.92 Å². The number of aryl methyl sites for hydroxylation is 1. The minimum Gasteiger partial charge on any atom is -0.480 e. The summed E-state index contributed by atoms with van der Waals surface area (Å²) >= 11 is 0. The van der Waals surface area contributed by atoms with E-state index in [1.54, 1.807) is 4.57 Å². The van der Waals surface area contributed by atoms with E-state index >= 15 is 0 Å². The van der Waals surface area contributed by atoms with Crippen LogP contribution in [0.25, 0.3) is 0 Å². The molecular weight excluding hydrogens is 194 g/mol. The zero-order chi connectivity index (χ0) is 11.4. The summed E-state index contributed by atoms with van der Waals surface area (Å²) in [6.45, 7) is 5.80. The molecule has 5 heteroatoms. The quantitative estimate of drug-likeness (QED) is 0.801. The second kappa shape index (κ2) is 4.91. The Balaban J connectivity index is 3.00. The fourth-order valence-electron chi connectivity index (χ4n) is 1.63. The number of carboxylic acids is 1. The van der Waals surface area contributed by atoms with Crippen LogP contribution in [0.1, 0.15) is 39.1 Å². The van der Waals surface area contributed by atoms with Crippen LogP contribution in [0.2, 0.25) is 0 Å². The van der Waals surface area contributed by atoms with Crippen molar-refractivity contribution < 1.29 is 9.90 Å². The predicted octanol–water partition coefficient (Wildman–Crippen LogP) is 1.51. The minimum absolute atomic E-state index is 0.0223. The first-order chi connectivity index (χ1) is 7.07. The number of carboxylic acid groups (broad SMARTS) is 1. The molecule has 0 saturated carbocycles. The second-order valence-electron chi connectivity index (χ2n) is 3.93. The van der Waals surface area contributed by atoms with Gasteiger partial charge in [0.1, 0.15) is 18.2 Å². The highest BCUT2D eigenvalue weighted by molar-refractivity contribution is 5.72. The smallest absolute Gasteiger partial charge is 0.327 e. The van der Waals surface area contributed by atoms with E-state index in [1.807, 2.05) is 20.8 Å². The molecule has 0 aromatic carbocycles. The molecule has 0 radical (unpaired) electrons. The molecule has 1 atom stereocenters. The maximum Gasteiger partial charge on any atom is 0.327 e. The number of carbonyl (C=O) groups is 1. The number of rotatable bonds is 5. The van der Waals surface area contributed by atoms with Crippen molar-refractivity contribution in [1.82, 2.24) is 14.8 Å². The molecule has 0 aliphatic heterocycles. The summed E-state index contributed by atoms with van der Waals surface area (Å²) < 4.78 is 1.66. The van der Waals surface area contributed by atoms with E-state index in [4.69, 9.17) is 5.11 Å².